The van der Waals surface area contributed by atoms with Crippen molar-refractivity contribution < 1.29 is 13.8 Å². The van der Waals surface area contributed by atoms with Crippen molar-refractivity contribution in [3.05, 3.63) is 0 Å². The molecule has 7 heavy (non-hydrogen) atoms. The van der Waals surface area contributed by atoms with Gasteiger partial charge in [0.1, 0.15) is 0 Å². The molecule has 0 amide bonds. The molecule has 0 radical (unpaired) electrons. The fourth-order valence-electron chi connectivity index (χ4n) is 0.104. The van der Waals surface area contributed by atoms with Crippen molar-refractivity contribution in [1.82, 2.24) is 0 Å². The normalized spacial score (nSPS) is 14.6. The fourth-order valence-corrected chi connectivity index (χ4v) is 0.311. The molecule has 0 aromatic heterocycles. The van der Waals surface area contributed by atoms with E-state index in [1.807, 2.05) is 0 Å². The number of hydrogen-bond donors (Lipinski definition) is 0. The molecule has 0 heterocycles. The van der Waals surface area contributed by atoms with Gasteiger partial charge in [0.05, 0.1) is 0 Å². The molecule has 42 valence electrons. The highest BCUT2D eigenvalue weighted by Gasteiger charge is 1.93. The molecule has 0 spiro atoms. The van der Waals surface area contributed by atoms with Crippen molar-refractivity contribution >= 4 is 8.69 Å². The smallest absolute Gasteiger partial charge is 0.329 e. The van der Waals surface area contributed by atoms with Gasteiger partial charge in [0.15, 0.2) is 6.29 Å². The molecule has 3 nitrogen and oxygen atoms in total. The summed E-state index contributed by atoms with van der Waals surface area (Å²) in [5.41, 5.74) is 0. The summed E-state index contributed by atoms with van der Waals surface area (Å²) in [6, 6.07) is 0. The number of rotatable bonds is 3. The summed E-state index contributed by atoms with van der Waals surface area (Å²) >= 11 is 0. The molecule has 0 rings (SSSR count). The summed E-state index contributed by atoms with van der Waals surface area (Å²) in [6.07, 6.45) is -0.376. The van der Waals surface area contributed by atoms with Crippen LogP contribution >= 0.6 is 8.69 Å². The van der Waals surface area contributed by atoms with Gasteiger partial charge < -0.3 is 4.74 Å². The van der Waals surface area contributed by atoms with Crippen molar-refractivity contribution in [2.75, 3.05) is 7.11 Å². The Morgan fingerprint density at radius 2 is 2.29 bits per heavy atom. The zero-order valence-corrected chi connectivity index (χ0v) is 5.14. The van der Waals surface area contributed by atoms with Crippen LogP contribution in [-0.2, 0) is 13.8 Å². The first-order valence-corrected chi connectivity index (χ1v) is 2.55. The van der Waals surface area contributed by atoms with E-state index >= 15 is 0 Å². The highest BCUT2D eigenvalue weighted by atomic mass is 31.1. The highest BCUT2D eigenvalue weighted by molar-refractivity contribution is 7.17. The lowest BCUT2D eigenvalue weighted by Crippen LogP contribution is -2.02. The van der Waals surface area contributed by atoms with E-state index in [-0.39, 0.29) is 15.0 Å². The van der Waals surface area contributed by atoms with E-state index in [2.05, 4.69) is 9.26 Å². The van der Waals surface area contributed by atoms with Gasteiger partial charge in [0.2, 0.25) is 0 Å². The molecule has 1 atom stereocenters. The van der Waals surface area contributed by atoms with Gasteiger partial charge >= 0.3 is 8.69 Å². The first-order chi connectivity index (χ1) is 3.31. The third-order valence-electron chi connectivity index (χ3n) is 0.523. The molecule has 0 aromatic carbocycles. The van der Waals surface area contributed by atoms with Gasteiger partial charge in [-0.3, -0.25) is 4.52 Å². The lowest BCUT2D eigenvalue weighted by atomic mass is 10.8. The minimum absolute atomic E-state index is 0.335. The second-order valence-corrected chi connectivity index (χ2v) is 1.34. The topological polar surface area (TPSA) is 35.5 Å². The third-order valence-corrected chi connectivity index (χ3v) is 0.906. The third kappa shape index (κ3) is 3.86. The average molecular weight is 122 g/mol. The van der Waals surface area contributed by atoms with E-state index in [1.54, 1.807) is 6.92 Å². The number of hydrogen-bond acceptors (Lipinski definition) is 3. The quantitative estimate of drug-likeness (QED) is 0.416. The van der Waals surface area contributed by atoms with E-state index < -0.39 is 0 Å². The molecule has 0 saturated heterocycles. The van der Waals surface area contributed by atoms with Crippen LogP contribution < -0.4 is 0 Å². The summed E-state index contributed by atoms with van der Waals surface area (Å²) < 4.78 is 18.5. The second-order valence-electron chi connectivity index (χ2n) is 0.983. The predicted octanol–water partition coefficient (Wildman–Crippen LogP) is 1.20. The number of methoxy groups -OCH3 is 1. The second kappa shape index (κ2) is 4.19. The first-order valence-electron chi connectivity index (χ1n) is 1.82. The summed E-state index contributed by atoms with van der Waals surface area (Å²) in [6.45, 7) is 1.66. The Bertz CT molecular complexity index is 56.1. The van der Waals surface area contributed by atoms with E-state index in [0.717, 1.165) is 0 Å². The molecule has 0 bridgehead atoms. The van der Waals surface area contributed by atoms with E-state index in [1.165, 1.54) is 7.11 Å². The molecule has 0 aliphatic rings. The van der Waals surface area contributed by atoms with Crippen molar-refractivity contribution in [1.29, 1.82) is 0 Å². The largest absolute Gasteiger partial charge is 0.355 e. The van der Waals surface area contributed by atoms with Crippen molar-refractivity contribution in [3.8, 4) is 0 Å². The summed E-state index contributed by atoms with van der Waals surface area (Å²) in [7, 11) is 1.15. The summed E-state index contributed by atoms with van der Waals surface area (Å²) in [4.78, 5) is 0. The Balaban J connectivity index is 2.98. The lowest BCUT2D eigenvalue weighted by Gasteiger charge is -2.00. The average Bonchev–Trinajstić information content (AvgIpc) is 1.68. The van der Waals surface area contributed by atoms with Crippen LogP contribution in [0.5, 0.6) is 0 Å². The molecule has 0 N–H and O–H groups in total. The van der Waals surface area contributed by atoms with Gasteiger partial charge in [-0.05, 0) is 6.92 Å². The Morgan fingerprint density at radius 3 is 2.43 bits per heavy atom. The Kier molecular flexibility index (Phi) is 4.20. The van der Waals surface area contributed by atoms with Crippen LogP contribution in [0.4, 0.5) is 0 Å². The van der Waals surface area contributed by atoms with E-state index in [4.69, 9.17) is 0 Å². The van der Waals surface area contributed by atoms with E-state index in [9.17, 15) is 4.57 Å². The molecule has 0 saturated carbocycles. The maximum Gasteiger partial charge on any atom is 0.329 e. The standard InChI is InChI=1S/C3H7O3P/c1-3(5-2)6-7-4/h3H,1-2H3. The first kappa shape index (κ1) is 7.02. The minimum atomic E-state index is -0.376. The minimum Gasteiger partial charge on any atom is -0.355 e. The van der Waals surface area contributed by atoms with Crippen LogP contribution in [-0.4, -0.2) is 13.4 Å². The summed E-state index contributed by atoms with van der Waals surface area (Å²) in [5, 5.41) is 0. The van der Waals surface area contributed by atoms with Crippen LogP contribution in [0.2, 0.25) is 0 Å². The van der Waals surface area contributed by atoms with E-state index in [0.29, 0.717) is 0 Å². The van der Waals surface area contributed by atoms with Crippen molar-refractivity contribution in [2.24, 2.45) is 0 Å². The molecule has 0 aromatic rings. The fraction of sp³-hybridized carbons (Fsp3) is 1.00. The SMILES string of the molecule is COC(C)OP=O. The molecular weight excluding hydrogens is 115 g/mol. The zero-order valence-electron chi connectivity index (χ0n) is 4.25. The van der Waals surface area contributed by atoms with Gasteiger partial charge in [-0.25, -0.2) is 4.57 Å². The van der Waals surface area contributed by atoms with Crippen molar-refractivity contribution in [2.45, 2.75) is 13.2 Å². The maximum atomic E-state index is 9.57. The lowest BCUT2D eigenvalue weighted by molar-refractivity contribution is -0.0299. The predicted molar refractivity (Wildman–Crippen MR) is 25.2 cm³/mol. The number of ether oxygens (including phenoxy) is 1. The summed E-state index contributed by atoms with van der Waals surface area (Å²) in [5.74, 6) is 0. The van der Waals surface area contributed by atoms with Gasteiger partial charge in [-0.1, -0.05) is 0 Å². The van der Waals surface area contributed by atoms with Crippen LogP contribution in [0, 0.1) is 0 Å². The van der Waals surface area contributed by atoms with Crippen LogP contribution in [0.1, 0.15) is 6.92 Å². The van der Waals surface area contributed by atoms with Crippen molar-refractivity contribution in [3.63, 3.8) is 0 Å². The van der Waals surface area contributed by atoms with Gasteiger partial charge in [-0.15, -0.1) is 0 Å². The molecule has 0 aliphatic carbocycles. The monoisotopic (exact) mass is 122 g/mol. The molecule has 1 unspecified atom stereocenters. The van der Waals surface area contributed by atoms with Gasteiger partial charge in [-0.2, -0.15) is 0 Å². The zero-order chi connectivity index (χ0) is 5.70. The Labute approximate surface area is 43.9 Å². The Hall–Kier alpha value is 0.0200. The maximum absolute atomic E-state index is 9.57. The molecule has 0 fully saturated rings. The highest BCUT2D eigenvalue weighted by Crippen LogP contribution is 2.00. The Morgan fingerprint density at radius 1 is 1.71 bits per heavy atom. The molecular formula is C3H7O3P. The molecule has 0 aliphatic heterocycles. The molecule has 4 heteroatoms. The van der Waals surface area contributed by atoms with Crippen LogP contribution in [0.15, 0.2) is 0 Å². The van der Waals surface area contributed by atoms with Gasteiger partial charge in [0, 0.05) is 7.11 Å². The van der Waals surface area contributed by atoms with Gasteiger partial charge in [0.25, 0.3) is 0 Å². The van der Waals surface area contributed by atoms with Crippen LogP contribution in [0.3, 0.4) is 0 Å². The van der Waals surface area contributed by atoms with Crippen LogP contribution in [0.25, 0.3) is 0 Å².